The first kappa shape index (κ1) is 23.0. The lowest BCUT2D eigenvalue weighted by atomic mass is 9.95. The van der Waals surface area contributed by atoms with Crippen molar-refractivity contribution in [3.63, 3.8) is 0 Å². The molecule has 0 spiro atoms. The predicted molar refractivity (Wildman–Crippen MR) is 105 cm³/mol. The third kappa shape index (κ3) is 4.82. The molecule has 0 radical (unpaired) electrons. The van der Waals surface area contributed by atoms with Crippen LogP contribution in [0.4, 0.5) is 22.4 Å². The highest BCUT2D eigenvalue weighted by molar-refractivity contribution is 7.89. The Bertz CT molecular complexity index is 1090. The summed E-state index contributed by atoms with van der Waals surface area (Å²) in [7, 11) is -4.10. The minimum absolute atomic E-state index is 0.00863. The molecule has 1 aliphatic heterocycles. The molecule has 168 valence electrons. The zero-order valence-electron chi connectivity index (χ0n) is 16.4. The molecule has 11 heteroatoms. The molecule has 1 aliphatic rings. The van der Waals surface area contributed by atoms with Gasteiger partial charge in [0.05, 0.1) is 18.3 Å². The number of hydrogen-bond acceptors (Lipinski definition) is 3. The summed E-state index contributed by atoms with van der Waals surface area (Å²) in [6.45, 7) is 0.0244. The van der Waals surface area contributed by atoms with Crippen molar-refractivity contribution in [2.24, 2.45) is 0 Å². The summed E-state index contributed by atoms with van der Waals surface area (Å²) in [5, 5.41) is 9.38. The number of nitrogens with zero attached hydrogens (tertiary/aromatic N) is 1. The topological polar surface area (TPSA) is 86.7 Å². The Morgan fingerprint density at radius 3 is 2.52 bits per heavy atom. The third-order valence-corrected chi connectivity index (χ3v) is 6.57. The van der Waals surface area contributed by atoms with E-state index in [1.165, 1.54) is 43.3 Å². The number of halogens is 4. The van der Waals surface area contributed by atoms with Crippen LogP contribution in [0.3, 0.4) is 0 Å². The molecule has 0 bridgehead atoms. The molecule has 2 aromatic rings. The normalized spacial score (nSPS) is 20.7. The van der Waals surface area contributed by atoms with Gasteiger partial charge in [0.1, 0.15) is 17.7 Å². The van der Waals surface area contributed by atoms with Crippen LogP contribution in [-0.2, 0) is 16.4 Å². The van der Waals surface area contributed by atoms with Crippen LogP contribution in [-0.4, -0.2) is 54.8 Å². The number of likely N-dealkylation sites (tertiary alicyclic amines) is 1. The second-order valence-corrected chi connectivity index (χ2v) is 9.27. The maximum atomic E-state index is 15.2. The molecule has 0 saturated carbocycles. The summed E-state index contributed by atoms with van der Waals surface area (Å²) in [5.74, 6) is -5.60. The van der Waals surface area contributed by atoms with Crippen molar-refractivity contribution in [3.8, 4) is 11.1 Å². The van der Waals surface area contributed by atoms with Crippen LogP contribution < -0.4 is 4.72 Å². The Morgan fingerprint density at radius 1 is 1.23 bits per heavy atom. The second-order valence-electron chi connectivity index (χ2n) is 7.23. The van der Waals surface area contributed by atoms with Crippen LogP contribution in [0.15, 0.2) is 42.5 Å². The molecule has 1 saturated heterocycles. The summed E-state index contributed by atoms with van der Waals surface area (Å²) >= 11 is 0. The van der Waals surface area contributed by atoms with Crippen LogP contribution in [0, 0.1) is 11.6 Å². The van der Waals surface area contributed by atoms with Gasteiger partial charge in [0, 0.05) is 5.56 Å². The molecule has 6 nitrogen and oxygen atoms in total. The number of carbonyl (C=O) groups is 1. The average Bonchev–Trinajstić information content (AvgIpc) is 2.94. The molecule has 2 atom stereocenters. The molecule has 1 heterocycles. The Balaban J connectivity index is 2.01. The molecule has 31 heavy (non-hydrogen) atoms. The van der Waals surface area contributed by atoms with E-state index in [-0.39, 0.29) is 16.7 Å². The van der Waals surface area contributed by atoms with Gasteiger partial charge in [-0.1, -0.05) is 30.3 Å². The molecule has 2 aromatic carbocycles. The maximum absolute atomic E-state index is 15.2. The van der Waals surface area contributed by atoms with E-state index in [1.807, 2.05) is 4.72 Å². The number of benzene rings is 2. The molecule has 0 aromatic heterocycles. The number of rotatable bonds is 6. The Labute approximate surface area is 176 Å². The van der Waals surface area contributed by atoms with Gasteiger partial charge < -0.3 is 5.11 Å². The molecule has 1 fully saturated rings. The maximum Gasteiger partial charge on any atom is 0.407 e. The number of nitrogens with one attached hydrogen (secondary N) is 1. The highest BCUT2D eigenvalue weighted by Crippen LogP contribution is 2.36. The SMILES string of the molecule is CCS(=O)(=O)N[C@@H]1[C@H](Cc2cccc(-c3cccc(F)c3)c2F)N(C(=O)O)CC1(F)F. The van der Waals surface area contributed by atoms with Gasteiger partial charge in [0.25, 0.3) is 5.92 Å². The van der Waals surface area contributed by atoms with Crippen molar-refractivity contribution < 1.29 is 35.9 Å². The van der Waals surface area contributed by atoms with Crippen molar-refractivity contribution in [2.45, 2.75) is 31.4 Å². The van der Waals surface area contributed by atoms with Crippen molar-refractivity contribution in [1.82, 2.24) is 9.62 Å². The Kier molecular flexibility index (Phi) is 6.28. The number of carboxylic acid groups (broad SMARTS) is 1. The third-order valence-electron chi connectivity index (χ3n) is 5.20. The zero-order chi connectivity index (χ0) is 23.0. The lowest BCUT2D eigenvalue weighted by molar-refractivity contribution is -0.00563. The summed E-state index contributed by atoms with van der Waals surface area (Å²) in [6, 6.07) is 5.63. The monoisotopic (exact) mass is 460 g/mol. The van der Waals surface area contributed by atoms with Crippen molar-refractivity contribution in [1.29, 1.82) is 0 Å². The minimum Gasteiger partial charge on any atom is -0.465 e. The average molecular weight is 460 g/mol. The molecule has 1 amide bonds. The number of amides is 1. The van der Waals surface area contributed by atoms with E-state index in [1.54, 1.807) is 0 Å². The largest absolute Gasteiger partial charge is 0.465 e. The first-order chi connectivity index (χ1) is 14.4. The minimum atomic E-state index is -4.10. The highest BCUT2D eigenvalue weighted by Gasteiger charge is 2.57. The molecular formula is C20H20F4N2O4S. The predicted octanol–water partition coefficient (Wildman–Crippen LogP) is 3.48. The van der Waals surface area contributed by atoms with Gasteiger partial charge in [0.2, 0.25) is 10.0 Å². The van der Waals surface area contributed by atoms with Crippen LogP contribution in [0.2, 0.25) is 0 Å². The standard InChI is InChI=1S/C20H20F4N2O4S/c1-2-31(29,30)25-18-16(26(19(27)28)11-20(18,23)24)10-13-6-4-8-15(17(13)22)12-5-3-7-14(21)9-12/h3-9,16,18,25H,2,10-11H2,1H3,(H,27,28)/t16-,18+/m0/s1. The fourth-order valence-corrected chi connectivity index (χ4v) is 4.51. The highest BCUT2D eigenvalue weighted by atomic mass is 32.2. The lowest BCUT2D eigenvalue weighted by Crippen LogP contribution is -2.52. The lowest BCUT2D eigenvalue weighted by Gasteiger charge is -2.27. The van der Waals surface area contributed by atoms with Gasteiger partial charge in [-0.3, -0.25) is 4.90 Å². The summed E-state index contributed by atoms with van der Waals surface area (Å²) in [4.78, 5) is 12.0. The van der Waals surface area contributed by atoms with Gasteiger partial charge in [0.15, 0.2) is 0 Å². The number of hydrogen-bond donors (Lipinski definition) is 2. The van der Waals surface area contributed by atoms with Crippen molar-refractivity contribution >= 4 is 16.1 Å². The molecule has 2 N–H and O–H groups in total. The fraction of sp³-hybridized carbons (Fsp3) is 0.350. The van der Waals surface area contributed by atoms with E-state index >= 15 is 4.39 Å². The second kappa shape index (κ2) is 8.46. The fourth-order valence-electron chi connectivity index (χ4n) is 3.62. The van der Waals surface area contributed by atoms with Crippen LogP contribution >= 0.6 is 0 Å². The van der Waals surface area contributed by atoms with Crippen molar-refractivity contribution in [2.75, 3.05) is 12.3 Å². The summed E-state index contributed by atoms with van der Waals surface area (Å²) in [6.07, 6.45) is -2.18. The smallest absolute Gasteiger partial charge is 0.407 e. The van der Waals surface area contributed by atoms with Crippen LogP contribution in [0.25, 0.3) is 11.1 Å². The van der Waals surface area contributed by atoms with Crippen LogP contribution in [0.5, 0.6) is 0 Å². The van der Waals surface area contributed by atoms with Crippen molar-refractivity contribution in [3.05, 3.63) is 59.7 Å². The van der Waals surface area contributed by atoms with Crippen LogP contribution in [0.1, 0.15) is 12.5 Å². The number of sulfonamides is 1. The van der Waals surface area contributed by atoms with E-state index in [0.29, 0.717) is 4.90 Å². The molecule has 0 aliphatic carbocycles. The molecule has 0 unspecified atom stereocenters. The quantitative estimate of drug-likeness (QED) is 0.647. The first-order valence-corrected chi connectivity index (χ1v) is 11.0. The zero-order valence-corrected chi connectivity index (χ0v) is 17.2. The van der Waals surface area contributed by atoms with E-state index in [9.17, 15) is 31.5 Å². The van der Waals surface area contributed by atoms with Gasteiger partial charge in [-0.2, -0.15) is 0 Å². The van der Waals surface area contributed by atoms with Gasteiger partial charge in [-0.05, 0) is 36.6 Å². The Hall–Kier alpha value is -2.66. The summed E-state index contributed by atoms with van der Waals surface area (Å²) in [5.41, 5.74) is 0.125. The van der Waals surface area contributed by atoms with E-state index in [0.717, 1.165) is 6.07 Å². The van der Waals surface area contributed by atoms with Gasteiger partial charge >= 0.3 is 6.09 Å². The molecule has 3 rings (SSSR count). The van der Waals surface area contributed by atoms with E-state index in [4.69, 9.17) is 0 Å². The van der Waals surface area contributed by atoms with Gasteiger partial charge in [-0.15, -0.1) is 0 Å². The number of alkyl halides is 2. The van der Waals surface area contributed by atoms with Gasteiger partial charge in [-0.25, -0.2) is 35.5 Å². The van der Waals surface area contributed by atoms with E-state index < -0.39 is 64.5 Å². The van der Waals surface area contributed by atoms with E-state index in [2.05, 4.69) is 0 Å². The summed E-state index contributed by atoms with van der Waals surface area (Å²) < 4.78 is 83.6. The molecular weight excluding hydrogens is 440 g/mol. The Morgan fingerprint density at radius 2 is 1.90 bits per heavy atom. The first-order valence-electron chi connectivity index (χ1n) is 9.36.